The molecule has 2 heterocycles. The summed E-state index contributed by atoms with van der Waals surface area (Å²) in [6.07, 6.45) is 0. The maximum atomic E-state index is 14.8. The number of halogens is 2. The summed E-state index contributed by atoms with van der Waals surface area (Å²) in [7, 11) is 0. The summed E-state index contributed by atoms with van der Waals surface area (Å²) in [6.45, 7) is 1.85. The lowest BCUT2D eigenvalue weighted by molar-refractivity contribution is 0.0971. The van der Waals surface area contributed by atoms with Gasteiger partial charge in [0.05, 0.1) is 17.0 Å². The number of hydrogen-bond donors (Lipinski definition) is 0. The zero-order chi connectivity index (χ0) is 21.0. The third-order valence-electron chi connectivity index (χ3n) is 5.41. The summed E-state index contributed by atoms with van der Waals surface area (Å²) in [5.74, 6) is -1.11. The van der Waals surface area contributed by atoms with Crippen LogP contribution >= 0.6 is 11.6 Å². The fourth-order valence-electron chi connectivity index (χ4n) is 3.91. The van der Waals surface area contributed by atoms with Crippen LogP contribution in [0.1, 0.15) is 33.3 Å². The van der Waals surface area contributed by atoms with Crippen LogP contribution < -0.4 is 10.3 Å². The monoisotopic (exact) mass is 419 g/mol. The van der Waals surface area contributed by atoms with E-state index >= 15 is 0 Å². The Hall–Kier alpha value is -3.44. The summed E-state index contributed by atoms with van der Waals surface area (Å²) < 4.78 is 20.7. The van der Waals surface area contributed by atoms with Gasteiger partial charge in [-0.15, -0.1) is 0 Å². The number of amides is 1. The molecule has 6 heteroatoms. The van der Waals surface area contributed by atoms with Gasteiger partial charge in [-0.2, -0.15) is 0 Å². The van der Waals surface area contributed by atoms with Crippen molar-refractivity contribution < 1.29 is 13.6 Å². The van der Waals surface area contributed by atoms with E-state index in [2.05, 4.69) is 0 Å². The topological polar surface area (TPSA) is 50.5 Å². The summed E-state index contributed by atoms with van der Waals surface area (Å²) in [5.41, 5.74) is 1.59. The lowest BCUT2D eigenvalue weighted by atomic mass is 9.97. The van der Waals surface area contributed by atoms with Gasteiger partial charge in [0.2, 0.25) is 5.76 Å². The molecule has 1 aliphatic rings. The molecule has 0 bridgehead atoms. The highest BCUT2D eigenvalue weighted by atomic mass is 35.5. The molecule has 30 heavy (non-hydrogen) atoms. The summed E-state index contributed by atoms with van der Waals surface area (Å²) >= 11 is 6.30. The Kier molecular flexibility index (Phi) is 4.22. The zero-order valence-electron chi connectivity index (χ0n) is 15.9. The summed E-state index contributed by atoms with van der Waals surface area (Å²) in [6, 6.07) is 17.0. The van der Waals surface area contributed by atoms with Crippen molar-refractivity contribution in [3.63, 3.8) is 0 Å². The van der Waals surface area contributed by atoms with Crippen molar-refractivity contribution >= 4 is 34.2 Å². The minimum absolute atomic E-state index is 0.0800. The second-order valence-electron chi connectivity index (χ2n) is 7.20. The fourth-order valence-corrected chi connectivity index (χ4v) is 4.08. The SMILES string of the molecule is Cc1ccc(N2C(=O)c3oc4ccccc4c(=O)c3C2c2ccccc2F)cc1Cl. The van der Waals surface area contributed by atoms with Gasteiger partial charge < -0.3 is 4.42 Å². The lowest BCUT2D eigenvalue weighted by Crippen LogP contribution is -2.30. The standard InChI is InChI=1S/C24H15ClFNO3/c1-13-10-11-14(12-17(13)25)27-21(15-6-2-4-8-18(15)26)20-22(28)16-7-3-5-9-19(16)30-23(20)24(27)29/h2-12,21H,1H3. The van der Waals surface area contributed by atoms with Crippen LogP contribution in [0.2, 0.25) is 5.02 Å². The van der Waals surface area contributed by atoms with Gasteiger partial charge in [-0.25, -0.2) is 4.39 Å². The molecule has 4 aromatic rings. The van der Waals surface area contributed by atoms with E-state index in [1.165, 1.54) is 11.0 Å². The summed E-state index contributed by atoms with van der Waals surface area (Å²) in [4.78, 5) is 28.2. The predicted octanol–water partition coefficient (Wildman–Crippen LogP) is 5.64. The highest BCUT2D eigenvalue weighted by Gasteiger charge is 2.44. The molecule has 1 atom stereocenters. The number of carbonyl (C=O) groups is 1. The molecule has 1 unspecified atom stereocenters. The average molecular weight is 420 g/mol. The zero-order valence-corrected chi connectivity index (χ0v) is 16.6. The molecule has 4 nitrogen and oxygen atoms in total. The third-order valence-corrected chi connectivity index (χ3v) is 5.82. The Morgan fingerprint density at radius 1 is 1.00 bits per heavy atom. The third kappa shape index (κ3) is 2.66. The smallest absolute Gasteiger partial charge is 0.295 e. The molecule has 1 amide bonds. The lowest BCUT2D eigenvalue weighted by Gasteiger charge is -2.26. The van der Waals surface area contributed by atoms with Crippen molar-refractivity contribution in [1.29, 1.82) is 0 Å². The van der Waals surface area contributed by atoms with Crippen LogP contribution in [0.3, 0.4) is 0 Å². The number of aryl methyl sites for hydroxylation is 1. The quantitative estimate of drug-likeness (QED) is 0.422. The van der Waals surface area contributed by atoms with E-state index in [1.807, 2.05) is 6.92 Å². The van der Waals surface area contributed by atoms with Crippen LogP contribution in [-0.4, -0.2) is 5.91 Å². The Balaban J connectivity index is 1.84. The van der Waals surface area contributed by atoms with Gasteiger partial charge in [0.25, 0.3) is 5.91 Å². The van der Waals surface area contributed by atoms with E-state index in [0.29, 0.717) is 21.7 Å². The number of benzene rings is 3. The number of anilines is 1. The van der Waals surface area contributed by atoms with E-state index in [0.717, 1.165) is 5.56 Å². The van der Waals surface area contributed by atoms with Crippen molar-refractivity contribution in [2.24, 2.45) is 0 Å². The van der Waals surface area contributed by atoms with E-state index < -0.39 is 17.8 Å². The van der Waals surface area contributed by atoms with E-state index in [-0.39, 0.29) is 22.3 Å². The summed E-state index contributed by atoms with van der Waals surface area (Å²) in [5, 5.41) is 0.808. The highest BCUT2D eigenvalue weighted by molar-refractivity contribution is 6.31. The first-order valence-electron chi connectivity index (χ1n) is 9.37. The minimum Gasteiger partial charge on any atom is -0.450 e. The Labute approximate surface area is 176 Å². The average Bonchev–Trinajstić information content (AvgIpc) is 3.03. The minimum atomic E-state index is -0.965. The van der Waals surface area contributed by atoms with Crippen LogP contribution in [0.4, 0.5) is 10.1 Å². The maximum absolute atomic E-state index is 14.8. The van der Waals surface area contributed by atoms with Crippen LogP contribution in [0.15, 0.2) is 75.9 Å². The molecule has 0 aliphatic carbocycles. The number of fused-ring (bicyclic) bond motifs is 2. The van der Waals surface area contributed by atoms with Gasteiger partial charge in [-0.05, 0) is 42.8 Å². The second kappa shape index (κ2) is 6.82. The molecule has 1 aliphatic heterocycles. The van der Waals surface area contributed by atoms with Crippen molar-refractivity contribution in [2.45, 2.75) is 13.0 Å². The Morgan fingerprint density at radius 3 is 2.50 bits per heavy atom. The number of hydrogen-bond acceptors (Lipinski definition) is 3. The van der Waals surface area contributed by atoms with Crippen LogP contribution in [0, 0.1) is 12.7 Å². The molecule has 1 aromatic heterocycles. The number of rotatable bonds is 2. The molecule has 0 radical (unpaired) electrons. The Bertz CT molecular complexity index is 1400. The van der Waals surface area contributed by atoms with Crippen molar-refractivity contribution in [2.75, 3.05) is 4.90 Å². The molecule has 0 saturated carbocycles. The van der Waals surface area contributed by atoms with Crippen LogP contribution in [0.25, 0.3) is 11.0 Å². The molecular formula is C24H15ClFNO3. The second-order valence-corrected chi connectivity index (χ2v) is 7.61. The van der Waals surface area contributed by atoms with Gasteiger partial charge in [0.1, 0.15) is 11.4 Å². The van der Waals surface area contributed by atoms with Gasteiger partial charge in [-0.3, -0.25) is 14.5 Å². The molecule has 3 aromatic carbocycles. The first kappa shape index (κ1) is 18.6. The fraction of sp³-hybridized carbons (Fsp3) is 0.0833. The highest BCUT2D eigenvalue weighted by Crippen LogP contribution is 2.42. The van der Waals surface area contributed by atoms with E-state index in [1.54, 1.807) is 60.7 Å². The molecular weight excluding hydrogens is 405 g/mol. The van der Waals surface area contributed by atoms with Crippen molar-refractivity contribution in [3.8, 4) is 0 Å². The van der Waals surface area contributed by atoms with E-state index in [4.69, 9.17) is 16.0 Å². The molecule has 148 valence electrons. The van der Waals surface area contributed by atoms with E-state index in [9.17, 15) is 14.0 Å². The maximum Gasteiger partial charge on any atom is 0.295 e. The largest absolute Gasteiger partial charge is 0.450 e. The molecule has 0 fully saturated rings. The van der Waals surface area contributed by atoms with Gasteiger partial charge in [0.15, 0.2) is 5.43 Å². The number of nitrogens with zero attached hydrogens (tertiary/aromatic N) is 1. The van der Waals surface area contributed by atoms with Gasteiger partial charge in [-0.1, -0.05) is 48.0 Å². The first-order chi connectivity index (χ1) is 14.5. The van der Waals surface area contributed by atoms with Crippen molar-refractivity contribution in [3.05, 3.63) is 110 Å². The first-order valence-corrected chi connectivity index (χ1v) is 9.75. The number of para-hydroxylation sites is 1. The molecule has 0 saturated heterocycles. The number of carbonyl (C=O) groups excluding carboxylic acids is 1. The van der Waals surface area contributed by atoms with Crippen molar-refractivity contribution in [1.82, 2.24) is 0 Å². The Morgan fingerprint density at radius 2 is 1.73 bits per heavy atom. The normalized spacial score (nSPS) is 15.6. The van der Waals surface area contributed by atoms with Crippen LogP contribution in [-0.2, 0) is 0 Å². The van der Waals surface area contributed by atoms with Gasteiger partial charge >= 0.3 is 0 Å². The molecule has 0 spiro atoms. The predicted molar refractivity (Wildman–Crippen MR) is 114 cm³/mol. The van der Waals surface area contributed by atoms with Crippen LogP contribution in [0.5, 0.6) is 0 Å². The van der Waals surface area contributed by atoms with Gasteiger partial charge in [0, 0.05) is 16.3 Å². The molecule has 5 rings (SSSR count). The molecule has 0 N–H and O–H groups in total.